The van der Waals surface area contributed by atoms with Crippen LogP contribution >= 0.6 is 11.3 Å². The molecule has 0 atom stereocenters. The molecule has 21 heavy (non-hydrogen) atoms. The van der Waals surface area contributed by atoms with Gasteiger partial charge in [0.2, 0.25) is 5.91 Å². The lowest BCUT2D eigenvalue weighted by Gasteiger charge is -2.10. The van der Waals surface area contributed by atoms with E-state index in [-0.39, 0.29) is 11.8 Å². The van der Waals surface area contributed by atoms with Crippen LogP contribution in [0.4, 0.5) is 5.13 Å². The number of hydrogen-bond acceptors (Lipinski definition) is 3. The minimum atomic E-state index is 0.0680. The third-order valence-electron chi connectivity index (χ3n) is 3.75. The molecule has 3 nitrogen and oxygen atoms in total. The average molecular weight is 302 g/mol. The number of carbonyl (C=O) groups excluding carboxylic acids is 1. The Morgan fingerprint density at radius 2 is 2.00 bits per heavy atom. The number of thiazole rings is 1. The molecule has 2 aromatic rings. The first-order chi connectivity index (χ1) is 10.0. The van der Waals surface area contributed by atoms with E-state index in [1.807, 2.05) is 19.2 Å². The highest BCUT2D eigenvalue weighted by molar-refractivity contribution is 7.14. The van der Waals surface area contributed by atoms with Gasteiger partial charge in [0.15, 0.2) is 5.13 Å². The lowest BCUT2D eigenvalue weighted by molar-refractivity contribution is -0.120. The number of aryl methyl sites for hydroxylation is 2. The predicted octanol–water partition coefficient (Wildman–Crippen LogP) is 4.80. The first-order valence-corrected chi connectivity index (χ1v) is 8.27. The largest absolute Gasteiger partial charge is 0.302 e. The number of nitrogens with zero attached hydrogens (tertiary/aromatic N) is 1. The molecule has 0 bridgehead atoms. The van der Waals surface area contributed by atoms with Crippen LogP contribution in [-0.2, 0) is 4.79 Å². The van der Waals surface area contributed by atoms with Gasteiger partial charge in [0.25, 0.3) is 0 Å². The van der Waals surface area contributed by atoms with Crippen LogP contribution in [0.15, 0.2) is 23.6 Å². The monoisotopic (exact) mass is 302 g/mol. The average Bonchev–Trinajstić information content (AvgIpc) is 2.88. The molecule has 1 aromatic heterocycles. The Balaban J connectivity index is 2.16. The minimum Gasteiger partial charge on any atom is -0.302 e. The van der Waals surface area contributed by atoms with Crippen LogP contribution in [0.25, 0.3) is 11.3 Å². The lowest BCUT2D eigenvalue weighted by Crippen LogP contribution is -2.21. The molecule has 0 unspecified atom stereocenters. The van der Waals surface area contributed by atoms with Gasteiger partial charge in [-0.05, 0) is 32.3 Å². The molecule has 112 valence electrons. The fraction of sp³-hybridized carbons (Fsp3) is 0.412. The molecule has 0 saturated carbocycles. The Morgan fingerprint density at radius 3 is 2.62 bits per heavy atom. The maximum Gasteiger partial charge on any atom is 0.229 e. The van der Waals surface area contributed by atoms with E-state index in [2.05, 4.69) is 42.3 Å². The second-order valence-electron chi connectivity index (χ2n) is 5.36. The van der Waals surface area contributed by atoms with Gasteiger partial charge in [0.05, 0.1) is 5.69 Å². The molecule has 1 aromatic carbocycles. The smallest absolute Gasteiger partial charge is 0.229 e. The molecule has 0 spiro atoms. The molecule has 0 saturated heterocycles. The van der Waals surface area contributed by atoms with Crippen molar-refractivity contribution in [1.82, 2.24) is 4.98 Å². The van der Waals surface area contributed by atoms with E-state index in [4.69, 9.17) is 0 Å². The van der Waals surface area contributed by atoms with E-state index in [0.717, 1.165) is 24.1 Å². The van der Waals surface area contributed by atoms with E-state index < -0.39 is 0 Å². The van der Waals surface area contributed by atoms with Crippen molar-refractivity contribution in [1.29, 1.82) is 0 Å². The molecule has 1 amide bonds. The highest BCUT2D eigenvalue weighted by Crippen LogP contribution is 2.28. The summed E-state index contributed by atoms with van der Waals surface area (Å²) in [4.78, 5) is 16.6. The zero-order chi connectivity index (χ0) is 15.4. The maximum atomic E-state index is 12.1. The van der Waals surface area contributed by atoms with Crippen LogP contribution < -0.4 is 5.32 Å². The fourth-order valence-corrected chi connectivity index (χ4v) is 3.14. The predicted molar refractivity (Wildman–Crippen MR) is 89.7 cm³/mol. The molecule has 0 radical (unpaired) electrons. The first kappa shape index (κ1) is 15.7. The minimum absolute atomic E-state index is 0.0680. The fourth-order valence-electron chi connectivity index (χ4n) is 2.42. The highest BCUT2D eigenvalue weighted by Gasteiger charge is 2.16. The van der Waals surface area contributed by atoms with Crippen molar-refractivity contribution in [3.05, 3.63) is 34.7 Å². The summed E-state index contributed by atoms with van der Waals surface area (Å²) < 4.78 is 0. The summed E-state index contributed by atoms with van der Waals surface area (Å²) in [5.41, 5.74) is 4.50. The molecule has 0 aliphatic carbocycles. The number of anilines is 1. The summed E-state index contributed by atoms with van der Waals surface area (Å²) in [5.74, 6) is 0.139. The Kier molecular flexibility index (Phi) is 5.12. The van der Waals surface area contributed by atoms with Gasteiger partial charge in [-0.1, -0.05) is 37.6 Å². The third-order valence-corrected chi connectivity index (χ3v) is 4.51. The van der Waals surface area contributed by atoms with Gasteiger partial charge in [-0.25, -0.2) is 4.98 Å². The topological polar surface area (TPSA) is 42.0 Å². The number of rotatable bonds is 5. The lowest BCUT2D eigenvalue weighted by atomic mass is 10.0. The summed E-state index contributed by atoms with van der Waals surface area (Å²) in [6.45, 7) is 8.25. The van der Waals surface area contributed by atoms with E-state index in [1.165, 1.54) is 22.5 Å². The van der Waals surface area contributed by atoms with Crippen LogP contribution in [-0.4, -0.2) is 10.9 Å². The molecule has 4 heteroatoms. The summed E-state index contributed by atoms with van der Waals surface area (Å²) in [5, 5.41) is 5.62. The van der Waals surface area contributed by atoms with Gasteiger partial charge in [0, 0.05) is 16.9 Å². The van der Waals surface area contributed by atoms with E-state index in [9.17, 15) is 4.79 Å². The Bertz CT molecular complexity index is 629. The number of carbonyl (C=O) groups is 1. The van der Waals surface area contributed by atoms with Crippen molar-refractivity contribution in [2.45, 2.75) is 40.5 Å². The first-order valence-electron chi connectivity index (χ1n) is 7.39. The number of hydrogen-bond donors (Lipinski definition) is 1. The molecular weight excluding hydrogens is 280 g/mol. The Labute approximate surface area is 130 Å². The quantitative estimate of drug-likeness (QED) is 0.862. The molecule has 0 aliphatic heterocycles. The van der Waals surface area contributed by atoms with Crippen LogP contribution in [0.5, 0.6) is 0 Å². The summed E-state index contributed by atoms with van der Waals surface area (Å²) in [6.07, 6.45) is 1.72. The zero-order valence-corrected chi connectivity index (χ0v) is 13.9. The van der Waals surface area contributed by atoms with Crippen molar-refractivity contribution >= 4 is 22.4 Å². The molecule has 1 heterocycles. The van der Waals surface area contributed by atoms with E-state index in [0.29, 0.717) is 5.13 Å². The number of nitrogens with one attached hydrogen (secondary N) is 1. The summed E-state index contributed by atoms with van der Waals surface area (Å²) in [6, 6.07) is 6.33. The highest BCUT2D eigenvalue weighted by atomic mass is 32.1. The Hall–Kier alpha value is -1.68. The summed E-state index contributed by atoms with van der Waals surface area (Å²) in [7, 11) is 0. The second kappa shape index (κ2) is 6.85. The normalized spacial score (nSPS) is 10.9. The zero-order valence-electron chi connectivity index (χ0n) is 13.1. The van der Waals surface area contributed by atoms with Crippen LogP contribution in [0, 0.1) is 19.8 Å². The summed E-state index contributed by atoms with van der Waals surface area (Å²) >= 11 is 1.48. The van der Waals surface area contributed by atoms with Crippen molar-refractivity contribution in [3.63, 3.8) is 0 Å². The van der Waals surface area contributed by atoms with Crippen molar-refractivity contribution in [3.8, 4) is 11.3 Å². The van der Waals surface area contributed by atoms with Gasteiger partial charge in [-0.15, -0.1) is 11.3 Å². The van der Waals surface area contributed by atoms with Crippen molar-refractivity contribution < 1.29 is 4.79 Å². The second-order valence-corrected chi connectivity index (χ2v) is 6.22. The van der Waals surface area contributed by atoms with Gasteiger partial charge < -0.3 is 5.32 Å². The van der Waals surface area contributed by atoms with Crippen LogP contribution in [0.1, 0.15) is 37.8 Å². The van der Waals surface area contributed by atoms with Gasteiger partial charge in [-0.3, -0.25) is 4.79 Å². The van der Waals surface area contributed by atoms with Gasteiger partial charge >= 0.3 is 0 Å². The molecular formula is C17H22N2OS. The van der Waals surface area contributed by atoms with Crippen molar-refractivity contribution in [2.75, 3.05) is 5.32 Å². The third kappa shape index (κ3) is 3.70. The molecule has 1 N–H and O–H groups in total. The maximum absolute atomic E-state index is 12.1. The number of aromatic nitrogens is 1. The van der Waals surface area contributed by atoms with Crippen molar-refractivity contribution in [2.24, 2.45) is 5.92 Å². The van der Waals surface area contributed by atoms with Gasteiger partial charge in [0.1, 0.15) is 0 Å². The Morgan fingerprint density at radius 1 is 1.29 bits per heavy atom. The molecule has 0 aliphatic rings. The number of amides is 1. The number of benzene rings is 1. The van der Waals surface area contributed by atoms with Crippen LogP contribution in [0.2, 0.25) is 0 Å². The standard InChI is InChI=1S/C17H22N2OS/c1-5-13(6-2)16(20)19-17-18-15(10-21-17)14-8-7-11(3)9-12(14)4/h7-10,13H,5-6H2,1-4H3,(H,18,19,20). The van der Waals surface area contributed by atoms with Gasteiger partial charge in [-0.2, -0.15) is 0 Å². The van der Waals surface area contributed by atoms with E-state index in [1.54, 1.807) is 0 Å². The van der Waals surface area contributed by atoms with E-state index >= 15 is 0 Å². The molecule has 2 rings (SSSR count). The molecule has 0 fully saturated rings. The van der Waals surface area contributed by atoms with Crippen LogP contribution in [0.3, 0.4) is 0 Å². The SMILES string of the molecule is CCC(CC)C(=O)Nc1nc(-c2ccc(C)cc2C)cs1.